The summed E-state index contributed by atoms with van der Waals surface area (Å²) in [4.78, 5) is 29.9. The molecule has 0 atom stereocenters. The predicted molar refractivity (Wildman–Crippen MR) is 86.3 cm³/mol. The lowest BCUT2D eigenvalue weighted by molar-refractivity contribution is -0.136. The summed E-state index contributed by atoms with van der Waals surface area (Å²) in [5.74, 6) is -0.364. The Morgan fingerprint density at radius 3 is 2.61 bits per heavy atom. The fourth-order valence-corrected chi connectivity index (χ4v) is 2.72. The Labute approximate surface area is 135 Å². The van der Waals surface area contributed by atoms with E-state index < -0.39 is 0 Å². The molecule has 23 heavy (non-hydrogen) atoms. The molecule has 2 heterocycles. The van der Waals surface area contributed by atoms with E-state index in [4.69, 9.17) is 0 Å². The summed E-state index contributed by atoms with van der Waals surface area (Å²) in [5, 5.41) is 2.77. The van der Waals surface area contributed by atoms with Crippen LogP contribution in [0.5, 0.6) is 0 Å². The number of carbonyl (C=O) groups excluding carboxylic acids is 2. The largest absolute Gasteiger partial charge is 0.352 e. The van der Waals surface area contributed by atoms with Crippen LogP contribution in [0.2, 0.25) is 0 Å². The number of nitrogens with one attached hydrogen (secondary N) is 1. The Kier molecular flexibility index (Phi) is 4.66. The molecule has 0 saturated carbocycles. The number of carbonyl (C=O) groups is 2. The first kappa shape index (κ1) is 15.2. The Morgan fingerprint density at radius 1 is 1.09 bits per heavy atom. The molecule has 1 N–H and O–H groups in total. The van der Waals surface area contributed by atoms with Crippen molar-refractivity contribution in [1.82, 2.24) is 15.2 Å². The van der Waals surface area contributed by atoms with Crippen LogP contribution in [-0.2, 0) is 29.1 Å². The molecule has 5 heteroatoms. The third-order valence-electron chi connectivity index (χ3n) is 4.03. The number of pyridine rings is 1. The summed E-state index contributed by atoms with van der Waals surface area (Å²) in [6, 6.07) is 11.8. The van der Waals surface area contributed by atoms with Crippen molar-refractivity contribution >= 4 is 11.8 Å². The Bertz CT molecular complexity index is 700. The maximum atomic E-state index is 12.3. The Hall–Kier alpha value is -2.69. The maximum Gasteiger partial charge on any atom is 0.232 e. The average Bonchev–Trinajstić information content (AvgIpc) is 2.60. The molecule has 0 bridgehead atoms. The van der Waals surface area contributed by atoms with Crippen molar-refractivity contribution in [2.75, 3.05) is 6.54 Å². The number of benzene rings is 1. The molecule has 5 nitrogen and oxygen atoms in total. The standard InChI is InChI=1S/C18H19N3O2/c22-17(20-12-14-5-8-19-9-6-14)11-18(23)21-10-7-15-3-1-2-4-16(15)13-21/h1-6,8-9H,7,10-13H2,(H,20,22). The first-order valence-corrected chi connectivity index (χ1v) is 7.72. The van der Waals surface area contributed by atoms with Gasteiger partial charge in [0.15, 0.2) is 0 Å². The molecule has 0 radical (unpaired) electrons. The minimum atomic E-state index is -0.245. The average molecular weight is 309 g/mol. The van der Waals surface area contributed by atoms with Crippen molar-refractivity contribution in [1.29, 1.82) is 0 Å². The highest BCUT2D eigenvalue weighted by molar-refractivity contribution is 5.96. The van der Waals surface area contributed by atoms with Crippen molar-refractivity contribution in [3.8, 4) is 0 Å². The number of hydrogen-bond donors (Lipinski definition) is 1. The number of hydrogen-bond acceptors (Lipinski definition) is 3. The molecule has 0 fully saturated rings. The first-order valence-electron chi connectivity index (χ1n) is 7.72. The molecule has 3 rings (SSSR count). The van der Waals surface area contributed by atoms with Gasteiger partial charge in [0.25, 0.3) is 0 Å². The molecule has 2 aromatic rings. The molecule has 1 aromatic heterocycles. The number of rotatable bonds is 4. The van der Waals surface area contributed by atoms with Gasteiger partial charge in [-0.25, -0.2) is 0 Å². The zero-order chi connectivity index (χ0) is 16.1. The lowest BCUT2D eigenvalue weighted by Crippen LogP contribution is -2.38. The SMILES string of the molecule is O=C(CC(=O)N1CCc2ccccc2C1)NCc1ccncc1. The number of aromatic nitrogens is 1. The molecule has 0 spiro atoms. The molecule has 0 aliphatic carbocycles. The fourth-order valence-electron chi connectivity index (χ4n) is 2.72. The summed E-state index contributed by atoms with van der Waals surface area (Å²) in [7, 11) is 0. The van der Waals surface area contributed by atoms with E-state index in [2.05, 4.69) is 16.4 Å². The second-order valence-electron chi connectivity index (χ2n) is 5.64. The first-order chi connectivity index (χ1) is 11.2. The third kappa shape index (κ3) is 3.94. The van der Waals surface area contributed by atoms with Crippen LogP contribution >= 0.6 is 0 Å². The molecule has 1 aliphatic heterocycles. The van der Waals surface area contributed by atoms with Gasteiger partial charge in [-0.15, -0.1) is 0 Å². The molecule has 0 unspecified atom stereocenters. The van der Waals surface area contributed by atoms with Gasteiger partial charge in [-0.05, 0) is 35.2 Å². The van der Waals surface area contributed by atoms with Gasteiger partial charge < -0.3 is 10.2 Å². The van der Waals surface area contributed by atoms with E-state index in [1.807, 2.05) is 30.3 Å². The summed E-state index contributed by atoms with van der Waals surface area (Å²) in [5.41, 5.74) is 3.43. The van der Waals surface area contributed by atoms with E-state index in [1.54, 1.807) is 17.3 Å². The quantitative estimate of drug-likeness (QED) is 0.874. The van der Waals surface area contributed by atoms with Gasteiger partial charge >= 0.3 is 0 Å². The summed E-state index contributed by atoms with van der Waals surface area (Å²) < 4.78 is 0. The predicted octanol–water partition coefficient (Wildman–Crippen LogP) is 1.67. The van der Waals surface area contributed by atoms with Gasteiger partial charge in [0.05, 0.1) is 0 Å². The van der Waals surface area contributed by atoms with E-state index in [0.29, 0.717) is 19.6 Å². The van der Waals surface area contributed by atoms with E-state index in [9.17, 15) is 9.59 Å². The van der Waals surface area contributed by atoms with Crippen molar-refractivity contribution in [3.05, 3.63) is 65.5 Å². The summed E-state index contributed by atoms with van der Waals surface area (Å²) in [6.45, 7) is 1.68. The minimum absolute atomic E-state index is 0.104. The topological polar surface area (TPSA) is 62.3 Å². The minimum Gasteiger partial charge on any atom is -0.352 e. The molecular formula is C18H19N3O2. The van der Waals surface area contributed by atoms with E-state index in [-0.39, 0.29) is 18.2 Å². The Morgan fingerprint density at radius 2 is 1.83 bits per heavy atom. The van der Waals surface area contributed by atoms with Gasteiger partial charge in [0.1, 0.15) is 6.42 Å². The van der Waals surface area contributed by atoms with Gasteiger partial charge in [0.2, 0.25) is 11.8 Å². The Balaban J connectivity index is 1.50. The second kappa shape index (κ2) is 7.05. The zero-order valence-corrected chi connectivity index (χ0v) is 12.9. The molecule has 118 valence electrons. The molecule has 2 amide bonds. The van der Waals surface area contributed by atoms with E-state index in [0.717, 1.165) is 12.0 Å². The molecular weight excluding hydrogens is 290 g/mol. The van der Waals surface area contributed by atoms with Gasteiger partial charge in [0, 0.05) is 32.0 Å². The number of nitrogens with zero attached hydrogens (tertiary/aromatic N) is 2. The van der Waals surface area contributed by atoms with E-state index in [1.165, 1.54) is 11.1 Å². The van der Waals surface area contributed by atoms with Crippen LogP contribution in [0.25, 0.3) is 0 Å². The molecule has 1 aliphatic rings. The highest BCUT2D eigenvalue weighted by Crippen LogP contribution is 2.18. The third-order valence-corrected chi connectivity index (χ3v) is 4.03. The van der Waals surface area contributed by atoms with Crippen LogP contribution in [0, 0.1) is 0 Å². The van der Waals surface area contributed by atoms with Crippen molar-refractivity contribution in [2.24, 2.45) is 0 Å². The monoisotopic (exact) mass is 309 g/mol. The van der Waals surface area contributed by atoms with Gasteiger partial charge in [-0.3, -0.25) is 14.6 Å². The lowest BCUT2D eigenvalue weighted by Gasteiger charge is -2.28. The highest BCUT2D eigenvalue weighted by atomic mass is 16.2. The summed E-state index contributed by atoms with van der Waals surface area (Å²) >= 11 is 0. The maximum absolute atomic E-state index is 12.3. The van der Waals surface area contributed by atoms with Gasteiger partial charge in [-0.2, -0.15) is 0 Å². The van der Waals surface area contributed by atoms with Crippen LogP contribution in [0.3, 0.4) is 0 Å². The number of fused-ring (bicyclic) bond motifs is 1. The van der Waals surface area contributed by atoms with Crippen molar-refractivity contribution < 1.29 is 9.59 Å². The fraction of sp³-hybridized carbons (Fsp3) is 0.278. The van der Waals surface area contributed by atoms with Crippen LogP contribution in [0.4, 0.5) is 0 Å². The van der Waals surface area contributed by atoms with Crippen LogP contribution in [0.1, 0.15) is 23.1 Å². The van der Waals surface area contributed by atoms with Crippen LogP contribution in [-0.4, -0.2) is 28.2 Å². The molecule has 0 saturated heterocycles. The lowest BCUT2D eigenvalue weighted by atomic mass is 10.00. The number of amides is 2. The van der Waals surface area contributed by atoms with Crippen molar-refractivity contribution in [3.63, 3.8) is 0 Å². The zero-order valence-electron chi connectivity index (χ0n) is 12.9. The normalized spacial score (nSPS) is 13.3. The van der Waals surface area contributed by atoms with Gasteiger partial charge in [-0.1, -0.05) is 24.3 Å². The highest BCUT2D eigenvalue weighted by Gasteiger charge is 2.22. The van der Waals surface area contributed by atoms with Crippen LogP contribution < -0.4 is 5.32 Å². The van der Waals surface area contributed by atoms with E-state index >= 15 is 0 Å². The summed E-state index contributed by atoms with van der Waals surface area (Å²) in [6.07, 6.45) is 4.10. The van der Waals surface area contributed by atoms with Crippen molar-refractivity contribution in [2.45, 2.75) is 25.9 Å². The van der Waals surface area contributed by atoms with Crippen LogP contribution in [0.15, 0.2) is 48.8 Å². The molecule has 1 aromatic carbocycles. The second-order valence-corrected chi connectivity index (χ2v) is 5.64. The smallest absolute Gasteiger partial charge is 0.232 e.